The maximum atomic E-state index is 11.3. The van der Waals surface area contributed by atoms with Gasteiger partial charge in [-0.3, -0.25) is 4.79 Å². The SMILES string of the molecule is CCOC(=O)Cc1cc(Br)c(OC)cc1Br. The molecule has 0 N–H and O–H groups in total. The molecule has 1 aromatic carbocycles. The normalized spacial score (nSPS) is 10.0. The van der Waals surface area contributed by atoms with Crippen molar-refractivity contribution in [1.82, 2.24) is 0 Å². The zero-order valence-corrected chi connectivity index (χ0v) is 12.2. The highest BCUT2D eigenvalue weighted by atomic mass is 79.9. The number of carbonyl (C=O) groups is 1. The number of carbonyl (C=O) groups excluding carboxylic acids is 1. The largest absolute Gasteiger partial charge is 0.496 e. The Bertz CT molecular complexity index is 391. The maximum absolute atomic E-state index is 11.3. The summed E-state index contributed by atoms with van der Waals surface area (Å²) in [7, 11) is 1.59. The second-order valence-electron chi connectivity index (χ2n) is 3.06. The minimum absolute atomic E-state index is 0.236. The zero-order chi connectivity index (χ0) is 12.1. The van der Waals surface area contributed by atoms with Crippen molar-refractivity contribution in [1.29, 1.82) is 0 Å². The number of methoxy groups -OCH3 is 1. The highest BCUT2D eigenvalue weighted by Crippen LogP contribution is 2.31. The van der Waals surface area contributed by atoms with Gasteiger partial charge in [0.15, 0.2) is 0 Å². The Labute approximate surface area is 111 Å². The Morgan fingerprint density at radius 3 is 2.56 bits per heavy atom. The fourth-order valence-corrected chi connectivity index (χ4v) is 2.24. The van der Waals surface area contributed by atoms with Crippen molar-refractivity contribution in [3.05, 3.63) is 26.6 Å². The summed E-state index contributed by atoms with van der Waals surface area (Å²) in [5.74, 6) is 0.486. The van der Waals surface area contributed by atoms with Crippen molar-refractivity contribution in [2.75, 3.05) is 13.7 Å². The van der Waals surface area contributed by atoms with E-state index < -0.39 is 0 Å². The molecule has 88 valence electrons. The first kappa shape index (κ1) is 13.5. The summed E-state index contributed by atoms with van der Waals surface area (Å²) in [5.41, 5.74) is 0.867. The highest BCUT2D eigenvalue weighted by Gasteiger charge is 2.11. The van der Waals surface area contributed by atoms with E-state index in [1.807, 2.05) is 12.1 Å². The van der Waals surface area contributed by atoms with Gasteiger partial charge in [0, 0.05) is 4.47 Å². The van der Waals surface area contributed by atoms with Crippen LogP contribution in [-0.4, -0.2) is 19.7 Å². The minimum atomic E-state index is -0.236. The van der Waals surface area contributed by atoms with Crippen LogP contribution in [0.2, 0.25) is 0 Å². The summed E-state index contributed by atoms with van der Waals surface area (Å²) in [4.78, 5) is 11.3. The van der Waals surface area contributed by atoms with E-state index in [4.69, 9.17) is 9.47 Å². The van der Waals surface area contributed by atoms with Crippen LogP contribution in [0.1, 0.15) is 12.5 Å². The van der Waals surface area contributed by atoms with E-state index in [-0.39, 0.29) is 12.4 Å². The molecule has 0 bridgehead atoms. The van der Waals surface area contributed by atoms with Crippen molar-refractivity contribution < 1.29 is 14.3 Å². The van der Waals surface area contributed by atoms with Gasteiger partial charge in [-0.05, 0) is 40.5 Å². The quantitative estimate of drug-likeness (QED) is 0.780. The average Bonchev–Trinajstić information content (AvgIpc) is 2.23. The summed E-state index contributed by atoms with van der Waals surface area (Å²) < 4.78 is 11.7. The van der Waals surface area contributed by atoms with Crippen LogP contribution in [0, 0.1) is 0 Å². The van der Waals surface area contributed by atoms with Gasteiger partial charge in [0.1, 0.15) is 5.75 Å². The van der Waals surface area contributed by atoms with E-state index in [0.29, 0.717) is 6.61 Å². The maximum Gasteiger partial charge on any atom is 0.310 e. The van der Waals surface area contributed by atoms with Crippen molar-refractivity contribution in [2.45, 2.75) is 13.3 Å². The Hall–Kier alpha value is -0.550. The van der Waals surface area contributed by atoms with E-state index in [1.165, 1.54) is 0 Å². The summed E-state index contributed by atoms with van der Waals surface area (Å²) in [6.07, 6.45) is 0.247. The molecule has 16 heavy (non-hydrogen) atoms. The summed E-state index contributed by atoms with van der Waals surface area (Å²) >= 11 is 6.77. The van der Waals surface area contributed by atoms with Crippen LogP contribution in [0.3, 0.4) is 0 Å². The Balaban J connectivity index is 2.89. The molecule has 0 unspecified atom stereocenters. The molecule has 1 aromatic rings. The average molecular weight is 352 g/mol. The number of benzene rings is 1. The van der Waals surface area contributed by atoms with Gasteiger partial charge in [-0.1, -0.05) is 15.9 Å². The first-order valence-electron chi connectivity index (χ1n) is 4.76. The lowest BCUT2D eigenvalue weighted by atomic mass is 10.1. The van der Waals surface area contributed by atoms with Crippen LogP contribution in [0.5, 0.6) is 5.75 Å². The molecule has 0 aromatic heterocycles. The fraction of sp³-hybridized carbons (Fsp3) is 0.364. The number of esters is 1. The lowest BCUT2D eigenvalue weighted by molar-refractivity contribution is -0.142. The first-order chi connectivity index (χ1) is 7.58. The number of hydrogen-bond donors (Lipinski definition) is 0. The van der Waals surface area contributed by atoms with Crippen LogP contribution >= 0.6 is 31.9 Å². The molecule has 0 aliphatic heterocycles. The monoisotopic (exact) mass is 350 g/mol. The standard InChI is InChI=1S/C11H12Br2O3/c1-3-16-11(14)5-7-4-9(13)10(15-2)6-8(7)12/h4,6H,3,5H2,1-2H3. The van der Waals surface area contributed by atoms with Gasteiger partial charge in [-0.25, -0.2) is 0 Å². The summed E-state index contributed by atoms with van der Waals surface area (Å²) in [5, 5.41) is 0. The van der Waals surface area contributed by atoms with Crippen LogP contribution < -0.4 is 4.74 Å². The Morgan fingerprint density at radius 1 is 1.31 bits per heavy atom. The molecule has 0 heterocycles. The third-order valence-corrected chi connectivity index (χ3v) is 3.32. The number of hydrogen-bond acceptors (Lipinski definition) is 3. The van der Waals surface area contributed by atoms with Gasteiger partial charge in [0.2, 0.25) is 0 Å². The molecule has 0 saturated carbocycles. The lowest BCUT2D eigenvalue weighted by Gasteiger charge is -2.08. The van der Waals surface area contributed by atoms with Crippen LogP contribution in [0.25, 0.3) is 0 Å². The van der Waals surface area contributed by atoms with Crippen molar-refractivity contribution in [3.8, 4) is 5.75 Å². The number of rotatable bonds is 4. The predicted octanol–water partition coefficient (Wildman–Crippen LogP) is 3.33. The lowest BCUT2D eigenvalue weighted by Crippen LogP contribution is -2.08. The molecule has 0 aliphatic carbocycles. The van der Waals surface area contributed by atoms with Gasteiger partial charge >= 0.3 is 5.97 Å². The molecule has 0 aliphatic rings. The third kappa shape index (κ3) is 3.49. The molecule has 0 atom stereocenters. The highest BCUT2D eigenvalue weighted by molar-refractivity contribution is 9.11. The fourth-order valence-electron chi connectivity index (χ4n) is 1.23. The van der Waals surface area contributed by atoms with Crippen molar-refractivity contribution in [3.63, 3.8) is 0 Å². The minimum Gasteiger partial charge on any atom is -0.496 e. The summed E-state index contributed by atoms with van der Waals surface area (Å²) in [6.45, 7) is 2.19. The van der Waals surface area contributed by atoms with E-state index in [2.05, 4.69) is 31.9 Å². The summed E-state index contributed by atoms with van der Waals surface area (Å²) in [6, 6.07) is 3.67. The number of halogens is 2. The van der Waals surface area contributed by atoms with E-state index in [9.17, 15) is 4.79 Å². The predicted molar refractivity (Wildman–Crippen MR) is 68.7 cm³/mol. The molecule has 0 saturated heterocycles. The second-order valence-corrected chi connectivity index (χ2v) is 4.77. The van der Waals surface area contributed by atoms with Crippen LogP contribution in [0.4, 0.5) is 0 Å². The van der Waals surface area contributed by atoms with E-state index in [0.717, 1.165) is 20.3 Å². The third-order valence-electron chi connectivity index (χ3n) is 1.96. The molecule has 5 heteroatoms. The molecule has 3 nitrogen and oxygen atoms in total. The van der Waals surface area contributed by atoms with Gasteiger partial charge in [0.25, 0.3) is 0 Å². The Morgan fingerprint density at radius 2 is 2.00 bits per heavy atom. The van der Waals surface area contributed by atoms with Crippen LogP contribution in [-0.2, 0) is 16.0 Å². The van der Waals surface area contributed by atoms with Gasteiger partial charge in [0.05, 0.1) is 24.6 Å². The topological polar surface area (TPSA) is 35.5 Å². The molecule has 0 spiro atoms. The molecular formula is C11H12Br2O3. The second kappa shape index (κ2) is 6.25. The van der Waals surface area contributed by atoms with Crippen LogP contribution in [0.15, 0.2) is 21.1 Å². The first-order valence-corrected chi connectivity index (χ1v) is 6.34. The molecular weight excluding hydrogens is 340 g/mol. The van der Waals surface area contributed by atoms with Gasteiger partial charge in [-0.2, -0.15) is 0 Å². The molecule has 0 radical (unpaired) electrons. The van der Waals surface area contributed by atoms with Crippen molar-refractivity contribution >= 4 is 37.8 Å². The Kier molecular flexibility index (Phi) is 5.28. The van der Waals surface area contributed by atoms with Gasteiger partial charge in [-0.15, -0.1) is 0 Å². The van der Waals surface area contributed by atoms with E-state index in [1.54, 1.807) is 14.0 Å². The smallest absolute Gasteiger partial charge is 0.310 e. The van der Waals surface area contributed by atoms with Crippen molar-refractivity contribution in [2.24, 2.45) is 0 Å². The number of ether oxygens (including phenoxy) is 2. The molecule has 0 fully saturated rings. The molecule has 0 amide bonds. The van der Waals surface area contributed by atoms with E-state index >= 15 is 0 Å². The molecule has 1 rings (SSSR count). The zero-order valence-electron chi connectivity index (χ0n) is 9.05. The van der Waals surface area contributed by atoms with Gasteiger partial charge < -0.3 is 9.47 Å².